The lowest BCUT2D eigenvalue weighted by molar-refractivity contribution is -0.138. The minimum Gasteiger partial charge on any atom is -0.399 e. The van der Waals surface area contributed by atoms with E-state index >= 15 is 0 Å². The van der Waals surface area contributed by atoms with Gasteiger partial charge in [0.1, 0.15) is 18.5 Å². The Balaban J connectivity index is 1.31. The third-order valence-electron chi connectivity index (χ3n) is 6.86. The van der Waals surface area contributed by atoms with Gasteiger partial charge in [0.15, 0.2) is 0 Å². The van der Waals surface area contributed by atoms with Crippen LogP contribution in [0.4, 0.5) is 19.1 Å². The second kappa shape index (κ2) is 11.6. The molecule has 2 aliphatic rings. The summed E-state index contributed by atoms with van der Waals surface area (Å²) in [5, 5.41) is 3.90. The number of hydrogen-bond donors (Lipinski definition) is 1. The van der Waals surface area contributed by atoms with Gasteiger partial charge in [0.2, 0.25) is 11.9 Å². The van der Waals surface area contributed by atoms with Gasteiger partial charge in [0, 0.05) is 55.6 Å². The second-order valence-electron chi connectivity index (χ2n) is 9.31. The van der Waals surface area contributed by atoms with E-state index in [-0.39, 0.29) is 34.4 Å². The number of likely N-dealkylation sites (tertiary alicyclic amines) is 2. The molecule has 0 unspecified atom stereocenters. The monoisotopic (exact) mass is 539 g/mol. The summed E-state index contributed by atoms with van der Waals surface area (Å²) in [6.07, 6.45) is 2.37. The van der Waals surface area contributed by atoms with Gasteiger partial charge in [0.05, 0.1) is 10.6 Å². The molecule has 0 bridgehead atoms. The number of piperidine rings is 2. The molecule has 37 heavy (non-hydrogen) atoms. The van der Waals surface area contributed by atoms with Crippen LogP contribution in [-0.4, -0.2) is 69.7 Å². The molecule has 0 atom stereocenters. The van der Waals surface area contributed by atoms with Crippen LogP contribution in [0.25, 0.3) is 0 Å². The molecule has 2 aliphatic heterocycles. The Kier molecular flexibility index (Phi) is 8.48. The van der Waals surface area contributed by atoms with Gasteiger partial charge in [-0.2, -0.15) is 13.2 Å². The number of nitrogens with zero attached hydrogens (tertiary/aromatic N) is 6. The number of carbonyl (C=O) groups is 1. The Bertz CT molecular complexity index is 1110. The Hall–Kier alpha value is -2.99. The molecule has 2 fully saturated rings. The normalized spacial score (nSPS) is 18.7. The number of carbonyl (C=O) groups excluding carboxylic acids is 1. The molecule has 0 spiro atoms. The lowest BCUT2D eigenvalue weighted by atomic mass is 9.88. The summed E-state index contributed by atoms with van der Waals surface area (Å²) in [5.41, 5.74) is 6.16. The smallest absolute Gasteiger partial charge is 0.399 e. The van der Waals surface area contributed by atoms with Gasteiger partial charge in [-0.1, -0.05) is 16.8 Å². The van der Waals surface area contributed by atoms with E-state index in [0.717, 1.165) is 50.3 Å². The number of aromatic nitrogens is 3. The van der Waals surface area contributed by atoms with E-state index in [0.29, 0.717) is 31.6 Å². The van der Waals surface area contributed by atoms with E-state index in [1.54, 1.807) is 12.4 Å². The highest BCUT2D eigenvalue weighted by atomic mass is 35.5. The first kappa shape index (κ1) is 27.1. The van der Waals surface area contributed by atoms with Crippen molar-refractivity contribution in [1.29, 1.82) is 0 Å². The molecule has 0 saturated carbocycles. The maximum absolute atomic E-state index is 13.2. The molecule has 2 N–H and O–H groups in total. The van der Waals surface area contributed by atoms with Gasteiger partial charge in [-0.05, 0) is 44.8 Å². The van der Waals surface area contributed by atoms with Crippen molar-refractivity contribution in [3.8, 4) is 0 Å². The molecule has 4 heterocycles. The lowest BCUT2D eigenvalue weighted by Gasteiger charge is -2.37. The van der Waals surface area contributed by atoms with Crippen LogP contribution in [0.1, 0.15) is 42.5 Å². The highest BCUT2D eigenvalue weighted by molar-refractivity contribution is 6.34. The number of amides is 1. The molecule has 0 aromatic carbocycles. The van der Waals surface area contributed by atoms with Gasteiger partial charge in [0.25, 0.3) is 0 Å². The Morgan fingerprint density at radius 3 is 2.27 bits per heavy atom. The summed E-state index contributed by atoms with van der Waals surface area (Å²) in [6, 6.07) is 0.848. The minimum atomic E-state index is -4.54. The molecule has 13 heteroatoms. The summed E-state index contributed by atoms with van der Waals surface area (Å²) in [7, 11) is 1.36. The van der Waals surface area contributed by atoms with Crippen molar-refractivity contribution in [3.05, 3.63) is 46.5 Å². The predicted octanol–water partition coefficient (Wildman–Crippen LogP) is 3.63. The van der Waals surface area contributed by atoms with Crippen LogP contribution in [0.15, 0.2) is 29.8 Å². The summed E-state index contributed by atoms with van der Waals surface area (Å²) >= 11 is 6.16. The van der Waals surface area contributed by atoms with Crippen LogP contribution in [0.3, 0.4) is 0 Å². The summed E-state index contributed by atoms with van der Waals surface area (Å²) in [6.45, 7) is 3.37. The van der Waals surface area contributed by atoms with Crippen molar-refractivity contribution >= 4 is 29.2 Å². The molecule has 2 saturated heterocycles. The largest absolute Gasteiger partial charge is 0.417 e. The number of nitrogens with two attached hydrogens (primary N) is 1. The highest BCUT2D eigenvalue weighted by Gasteiger charge is 2.35. The van der Waals surface area contributed by atoms with Gasteiger partial charge in [-0.3, -0.25) is 14.7 Å². The van der Waals surface area contributed by atoms with E-state index in [1.807, 2.05) is 4.90 Å². The van der Waals surface area contributed by atoms with Crippen molar-refractivity contribution < 1.29 is 22.8 Å². The van der Waals surface area contributed by atoms with Gasteiger partial charge >= 0.3 is 6.18 Å². The topological polar surface area (TPSA) is 110 Å². The third-order valence-corrected chi connectivity index (χ3v) is 7.15. The van der Waals surface area contributed by atoms with E-state index in [2.05, 4.69) is 25.0 Å². The number of alkyl halides is 3. The van der Waals surface area contributed by atoms with Crippen molar-refractivity contribution in [2.24, 2.45) is 17.0 Å². The third kappa shape index (κ3) is 6.67. The van der Waals surface area contributed by atoms with Crippen molar-refractivity contribution in [2.75, 3.05) is 39.0 Å². The minimum absolute atomic E-state index is 0.0337. The predicted molar refractivity (Wildman–Crippen MR) is 132 cm³/mol. The molecule has 0 radical (unpaired) electrons. The molecule has 2 aromatic rings. The summed E-state index contributed by atoms with van der Waals surface area (Å²) in [5.74, 6) is 0.212. The Morgan fingerprint density at radius 2 is 1.70 bits per heavy atom. The zero-order valence-corrected chi connectivity index (χ0v) is 21.2. The molecule has 0 aliphatic carbocycles. The zero-order chi connectivity index (χ0) is 26.6. The van der Waals surface area contributed by atoms with E-state index in [1.165, 1.54) is 7.11 Å². The maximum atomic E-state index is 13.2. The van der Waals surface area contributed by atoms with Crippen molar-refractivity contribution in [3.63, 3.8) is 0 Å². The molecule has 200 valence electrons. The Morgan fingerprint density at radius 1 is 1.08 bits per heavy atom. The average Bonchev–Trinajstić information content (AvgIpc) is 2.88. The van der Waals surface area contributed by atoms with Crippen LogP contribution in [0.5, 0.6) is 0 Å². The number of oxime groups is 1. The fourth-order valence-electron chi connectivity index (χ4n) is 4.87. The van der Waals surface area contributed by atoms with E-state index < -0.39 is 11.7 Å². The first-order valence-electron chi connectivity index (χ1n) is 12.1. The average molecular weight is 540 g/mol. The van der Waals surface area contributed by atoms with Crippen molar-refractivity contribution in [2.45, 2.75) is 38.4 Å². The maximum Gasteiger partial charge on any atom is 0.417 e. The molecular formula is C24H29ClF3N7O2. The molecule has 4 rings (SSSR count). The second-order valence-corrected chi connectivity index (χ2v) is 9.72. The first-order chi connectivity index (χ1) is 17.7. The fraction of sp³-hybridized carbons (Fsp3) is 0.542. The fourth-order valence-corrected chi connectivity index (χ4v) is 5.13. The lowest BCUT2D eigenvalue weighted by Crippen LogP contribution is -2.46. The van der Waals surface area contributed by atoms with Crippen molar-refractivity contribution in [1.82, 2.24) is 24.8 Å². The quantitative estimate of drug-likeness (QED) is 0.441. The zero-order valence-electron chi connectivity index (χ0n) is 20.4. The van der Waals surface area contributed by atoms with Gasteiger partial charge < -0.3 is 15.5 Å². The van der Waals surface area contributed by atoms with Crippen LogP contribution < -0.4 is 5.73 Å². The van der Waals surface area contributed by atoms with Crippen LogP contribution in [0, 0.1) is 11.8 Å². The van der Waals surface area contributed by atoms with Gasteiger partial charge in [-0.25, -0.2) is 9.97 Å². The van der Waals surface area contributed by atoms with Crippen LogP contribution in [-0.2, 0) is 22.4 Å². The summed E-state index contributed by atoms with van der Waals surface area (Å²) in [4.78, 5) is 34.3. The number of halogens is 4. The van der Waals surface area contributed by atoms with Gasteiger partial charge in [-0.15, -0.1) is 0 Å². The van der Waals surface area contributed by atoms with E-state index in [4.69, 9.17) is 22.2 Å². The molecule has 9 nitrogen and oxygen atoms in total. The SMILES string of the molecule is CO/N=C(\c1ncc(C(F)(F)F)cc1Cl)C1CCN(C(=O)C2CCN(Cc3cnc(N)nc3)CC2)CC1. The number of anilines is 1. The summed E-state index contributed by atoms with van der Waals surface area (Å²) < 4.78 is 39.0. The van der Waals surface area contributed by atoms with Crippen LogP contribution in [0.2, 0.25) is 5.02 Å². The number of pyridine rings is 1. The molecule has 2 aromatic heterocycles. The highest BCUT2D eigenvalue weighted by Crippen LogP contribution is 2.33. The Labute approximate surface area is 217 Å². The number of rotatable bonds is 6. The van der Waals surface area contributed by atoms with E-state index in [9.17, 15) is 18.0 Å². The number of hydrogen-bond acceptors (Lipinski definition) is 8. The molecular weight excluding hydrogens is 511 g/mol. The standard InChI is InChI=1S/C24H29ClF3N7O2/c1-37-33-20(21-19(25)10-18(13-30-21)24(26,27)28)16-4-8-35(9-5-16)22(36)17-2-6-34(7-3-17)14-15-11-31-23(29)32-12-15/h10-13,16-17H,2-9,14H2,1H3,(H2,29,31,32)/b33-20-. The first-order valence-corrected chi connectivity index (χ1v) is 12.4. The number of nitrogen functional groups attached to an aromatic ring is 1. The molecule has 1 amide bonds. The van der Waals surface area contributed by atoms with Crippen LogP contribution >= 0.6 is 11.6 Å².